The number of nitrogens with one attached hydrogen (secondary N) is 2. The van der Waals surface area contributed by atoms with Crippen LogP contribution in [-0.2, 0) is 6.54 Å². The van der Waals surface area contributed by atoms with E-state index in [-0.39, 0.29) is 23.4 Å². The standard InChI is InChI=1S/C25H21ClN4O4S/c1-14-11-27-21(28-14)13-34-16-5-2-4-15(10-16)12-30-24(32)17-6-3-7-18(22(17)25(30)33)29-23(31)19-8-9-20(26)35-19/h2-10,14H,11-13H2,1H3,(H,27,28)(H,29,31). The fourth-order valence-electron chi connectivity index (χ4n) is 3.98. The van der Waals surface area contributed by atoms with Crippen LogP contribution >= 0.6 is 22.9 Å². The number of hydrogen-bond donors (Lipinski definition) is 2. The van der Waals surface area contributed by atoms with Crippen molar-refractivity contribution in [2.75, 3.05) is 18.5 Å². The van der Waals surface area contributed by atoms with Crippen molar-refractivity contribution < 1.29 is 19.1 Å². The summed E-state index contributed by atoms with van der Waals surface area (Å²) in [6.07, 6.45) is 0. The van der Waals surface area contributed by atoms with E-state index in [1.807, 2.05) is 25.1 Å². The molecule has 1 unspecified atom stereocenters. The molecule has 0 aliphatic carbocycles. The van der Waals surface area contributed by atoms with Gasteiger partial charge in [-0.3, -0.25) is 24.3 Å². The molecule has 178 valence electrons. The molecule has 2 N–H and O–H groups in total. The quantitative estimate of drug-likeness (QED) is 0.465. The van der Waals surface area contributed by atoms with Crippen LogP contribution < -0.4 is 15.4 Å². The second kappa shape index (κ2) is 9.52. The zero-order chi connectivity index (χ0) is 24.5. The van der Waals surface area contributed by atoms with E-state index in [2.05, 4.69) is 15.6 Å². The maximum Gasteiger partial charge on any atom is 0.265 e. The van der Waals surface area contributed by atoms with E-state index in [1.165, 1.54) is 4.90 Å². The minimum absolute atomic E-state index is 0.0771. The highest BCUT2D eigenvalue weighted by molar-refractivity contribution is 7.18. The number of hydrogen-bond acceptors (Lipinski definition) is 7. The summed E-state index contributed by atoms with van der Waals surface area (Å²) < 4.78 is 6.31. The molecule has 2 aliphatic heterocycles. The monoisotopic (exact) mass is 508 g/mol. The average Bonchev–Trinajstić information content (AvgIpc) is 3.53. The number of amides is 3. The lowest BCUT2D eigenvalue weighted by Gasteiger charge is -2.15. The van der Waals surface area contributed by atoms with Gasteiger partial charge >= 0.3 is 0 Å². The SMILES string of the molecule is CC1CN=C(COc2cccc(CN3C(=O)c4cccc(NC(=O)c5ccc(Cl)s5)c4C3=O)c2)N1. The van der Waals surface area contributed by atoms with E-state index in [1.54, 1.807) is 36.4 Å². The summed E-state index contributed by atoms with van der Waals surface area (Å²) in [4.78, 5) is 44.9. The lowest BCUT2D eigenvalue weighted by atomic mass is 10.1. The lowest BCUT2D eigenvalue weighted by molar-refractivity contribution is 0.0642. The van der Waals surface area contributed by atoms with Gasteiger partial charge in [0, 0.05) is 6.04 Å². The van der Waals surface area contributed by atoms with Crippen molar-refractivity contribution in [1.29, 1.82) is 0 Å². The fourth-order valence-corrected chi connectivity index (χ4v) is 4.92. The first-order chi connectivity index (χ1) is 16.9. The van der Waals surface area contributed by atoms with Crippen LogP contribution in [0.5, 0.6) is 5.75 Å². The molecule has 35 heavy (non-hydrogen) atoms. The number of ether oxygens (including phenoxy) is 1. The van der Waals surface area contributed by atoms with Gasteiger partial charge in [0.05, 0.1) is 39.1 Å². The van der Waals surface area contributed by atoms with Crippen LogP contribution in [0, 0.1) is 0 Å². The van der Waals surface area contributed by atoms with Crippen LogP contribution in [0.1, 0.15) is 42.9 Å². The number of carbonyl (C=O) groups is 3. The molecule has 5 rings (SSSR count). The summed E-state index contributed by atoms with van der Waals surface area (Å²) in [5.41, 5.74) is 1.46. The first kappa shape index (κ1) is 23.1. The summed E-state index contributed by atoms with van der Waals surface area (Å²) in [6.45, 7) is 3.17. The number of anilines is 1. The highest BCUT2D eigenvalue weighted by Gasteiger charge is 2.37. The van der Waals surface area contributed by atoms with Gasteiger partial charge in [0.15, 0.2) is 0 Å². The molecule has 0 saturated heterocycles. The lowest BCUT2D eigenvalue weighted by Crippen LogP contribution is -2.31. The number of imide groups is 1. The van der Waals surface area contributed by atoms with Gasteiger partial charge in [-0.25, -0.2) is 0 Å². The number of fused-ring (bicyclic) bond motifs is 1. The zero-order valence-corrected chi connectivity index (χ0v) is 20.3. The molecule has 8 nitrogen and oxygen atoms in total. The Labute approximate surface area is 210 Å². The number of nitrogens with zero attached hydrogens (tertiary/aromatic N) is 2. The molecule has 3 heterocycles. The summed E-state index contributed by atoms with van der Waals surface area (Å²) in [7, 11) is 0. The van der Waals surface area contributed by atoms with Crippen LogP contribution in [0.25, 0.3) is 0 Å². The molecule has 0 saturated carbocycles. The van der Waals surface area contributed by atoms with E-state index in [9.17, 15) is 14.4 Å². The Kier molecular flexibility index (Phi) is 6.27. The van der Waals surface area contributed by atoms with Gasteiger partial charge < -0.3 is 15.4 Å². The Morgan fingerprint density at radius 2 is 2.03 bits per heavy atom. The van der Waals surface area contributed by atoms with Crippen molar-refractivity contribution in [2.24, 2.45) is 4.99 Å². The van der Waals surface area contributed by atoms with Crippen LogP contribution in [-0.4, -0.2) is 47.7 Å². The van der Waals surface area contributed by atoms with Crippen molar-refractivity contribution in [2.45, 2.75) is 19.5 Å². The number of rotatable bonds is 7. The van der Waals surface area contributed by atoms with Crippen LogP contribution in [0.15, 0.2) is 59.6 Å². The van der Waals surface area contributed by atoms with Gasteiger partial charge in [0.25, 0.3) is 17.7 Å². The molecule has 2 aromatic carbocycles. The maximum absolute atomic E-state index is 13.2. The molecular weight excluding hydrogens is 488 g/mol. The van der Waals surface area contributed by atoms with E-state index >= 15 is 0 Å². The molecule has 2 aliphatic rings. The van der Waals surface area contributed by atoms with Gasteiger partial charge in [-0.2, -0.15) is 0 Å². The van der Waals surface area contributed by atoms with E-state index in [0.29, 0.717) is 27.6 Å². The minimum atomic E-state index is -0.463. The van der Waals surface area contributed by atoms with Crippen LogP contribution in [0.2, 0.25) is 4.34 Å². The molecular formula is C25H21ClN4O4S. The Balaban J connectivity index is 1.31. The van der Waals surface area contributed by atoms with Crippen molar-refractivity contribution in [3.63, 3.8) is 0 Å². The number of benzene rings is 2. The molecule has 3 amide bonds. The Bertz CT molecular complexity index is 1370. The van der Waals surface area contributed by atoms with E-state index < -0.39 is 17.7 Å². The summed E-state index contributed by atoms with van der Waals surface area (Å²) in [5.74, 6) is 0.142. The molecule has 10 heteroatoms. The minimum Gasteiger partial charge on any atom is -0.486 e. The summed E-state index contributed by atoms with van der Waals surface area (Å²) in [5, 5.41) is 5.98. The second-order valence-electron chi connectivity index (χ2n) is 8.25. The fraction of sp³-hybridized carbons (Fsp3) is 0.200. The van der Waals surface area contributed by atoms with Gasteiger partial charge in [-0.1, -0.05) is 29.8 Å². The Morgan fingerprint density at radius 3 is 2.77 bits per heavy atom. The number of halogens is 1. The van der Waals surface area contributed by atoms with E-state index in [4.69, 9.17) is 16.3 Å². The molecule has 0 bridgehead atoms. The molecule has 1 aromatic heterocycles. The molecule has 1 atom stereocenters. The van der Waals surface area contributed by atoms with Crippen molar-refractivity contribution in [1.82, 2.24) is 10.2 Å². The topological polar surface area (TPSA) is 100 Å². The molecule has 0 spiro atoms. The summed E-state index contributed by atoms with van der Waals surface area (Å²) >= 11 is 7.06. The largest absolute Gasteiger partial charge is 0.486 e. The van der Waals surface area contributed by atoms with Crippen LogP contribution in [0.3, 0.4) is 0 Å². The number of amidine groups is 1. The Hall–Kier alpha value is -3.69. The van der Waals surface area contributed by atoms with Crippen molar-refractivity contribution in [3.05, 3.63) is 80.5 Å². The van der Waals surface area contributed by atoms with Crippen molar-refractivity contribution >= 4 is 52.2 Å². The molecule has 0 fully saturated rings. The molecule has 3 aromatic rings. The third kappa shape index (κ3) is 4.78. The van der Waals surface area contributed by atoms with Gasteiger partial charge in [0.1, 0.15) is 18.2 Å². The van der Waals surface area contributed by atoms with Crippen LogP contribution in [0.4, 0.5) is 5.69 Å². The normalized spacial score (nSPS) is 16.7. The first-order valence-electron chi connectivity index (χ1n) is 11.0. The Morgan fingerprint density at radius 1 is 1.20 bits per heavy atom. The second-order valence-corrected chi connectivity index (χ2v) is 9.97. The van der Waals surface area contributed by atoms with Gasteiger partial charge in [0.2, 0.25) is 0 Å². The third-order valence-electron chi connectivity index (χ3n) is 5.63. The molecule has 0 radical (unpaired) electrons. The predicted molar refractivity (Wildman–Crippen MR) is 135 cm³/mol. The van der Waals surface area contributed by atoms with E-state index in [0.717, 1.165) is 29.3 Å². The summed E-state index contributed by atoms with van der Waals surface area (Å²) in [6, 6.07) is 15.6. The average molecular weight is 509 g/mol. The predicted octanol–water partition coefficient (Wildman–Crippen LogP) is 4.22. The number of carbonyl (C=O) groups excluding carboxylic acids is 3. The smallest absolute Gasteiger partial charge is 0.265 e. The zero-order valence-electron chi connectivity index (χ0n) is 18.7. The van der Waals surface area contributed by atoms with Gasteiger partial charge in [-0.05, 0) is 48.9 Å². The van der Waals surface area contributed by atoms with Crippen molar-refractivity contribution in [3.8, 4) is 5.75 Å². The first-order valence-corrected chi connectivity index (χ1v) is 12.2. The maximum atomic E-state index is 13.2. The number of aliphatic imine (C=N–C) groups is 1. The third-order valence-corrected chi connectivity index (χ3v) is 6.86. The highest BCUT2D eigenvalue weighted by Crippen LogP contribution is 2.32. The highest BCUT2D eigenvalue weighted by atomic mass is 35.5. The van der Waals surface area contributed by atoms with Gasteiger partial charge in [-0.15, -0.1) is 11.3 Å². The number of thiophene rings is 1.